The van der Waals surface area contributed by atoms with E-state index in [1.54, 1.807) is 48.5 Å². The fourth-order valence-electron chi connectivity index (χ4n) is 4.04. The zero-order valence-electron chi connectivity index (χ0n) is 20.3. The maximum absolute atomic E-state index is 14.0. The van der Waals surface area contributed by atoms with Crippen molar-refractivity contribution < 1.29 is 23.5 Å². The monoisotopic (exact) mass is 507 g/mol. The first-order valence-electron chi connectivity index (χ1n) is 11.7. The normalized spacial score (nSPS) is 11.0. The van der Waals surface area contributed by atoms with Crippen molar-refractivity contribution in [2.24, 2.45) is 5.10 Å². The number of amides is 1. The Morgan fingerprint density at radius 3 is 2.37 bits per heavy atom. The van der Waals surface area contributed by atoms with Gasteiger partial charge in [0, 0.05) is 16.5 Å². The van der Waals surface area contributed by atoms with E-state index < -0.39 is 17.7 Å². The predicted octanol–water partition coefficient (Wildman–Crippen LogP) is 5.97. The van der Waals surface area contributed by atoms with E-state index in [0.29, 0.717) is 33.3 Å². The van der Waals surface area contributed by atoms with Crippen molar-refractivity contribution in [3.8, 4) is 22.6 Å². The highest BCUT2D eigenvalue weighted by Gasteiger charge is 2.19. The fourth-order valence-corrected chi connectivity index (χ4v) is 4.04. The SMILES string of the molecule is COc1cc(C=NNC(=O)c2[nH]c3ccc(F)cc3c2-c2ccccc2)ccc1OC(=O)c1ccccc1. The smallest absolute Gasteiger partial charge is 0.343 e. The zero-order valence-corrected chi connectivity index (χ0v) is 20.3. The van der Waals surface area contributed by atoms with Gasteiger partial charge in [-0.3, -0.25) is 4.79 Å². The highest BCUT2D eigenvalue weighted by molar-refractivity contribution is 6.09. The molecule has 0 aliphatic rings. The summed E-state index contributed by atoms with van der Waals surface area (Å²) < 4.78 is 24.8. The highest BCUT2D eigenvalue weighted by atomic mass is 19.1. The van der Waals surface area contributed by atoms with E-state index in [1.165, 1.54) is 25.5 Å². The lowest BCUT2D eigenvalue weighted by Crippen LogP contribution is -2.18. The first-order chi connectivity index (χ1) is 18.5. The minimum absolute atomic E-state index is 0.250. The highest BCUT2D eigenvalue weighted by Crippen LogP contribution is 2.33. The van der Waals surface area contributed by atoms with E-state index in [-0.39, 0.29) is 11.4 Å². The van der Waals surface area contributed by atoms with Crippen molar-refractivity contribution in [2.45, 2.75) is 0 Å². The summed E-state index contributed by atoms with van der Waals surface area (Å²) in [6.07, 6.45) is 1.44. The number of nitrogens with zero attached hydrogens (tertiary/aromatic N) is 1. The quantitative estimate of drug-likeness (QED) is 0.123. The Bertz CT molecular complexity index is 1650. The number of hydrogen-bond acceptors (Lipinski definition) is 5. The van der Waals surface area contributed by atoms with Gasteiger partial charge in [0.05, 0.1) is 18.9 Å². The number of H-pyrrole nitrogens is 1. The van der Waals surface area contributed by atoms with Gasteiger partial charge in [-0.25, -0.2) is 14.6 Å². The molecule has 0 aliphatic carbocycles. The summed E-state index contributed by atoms with van der Waals surface area (Å²) in [4.78, 5) is 28.5. The lowest BCUT2D eigenvalue weighted by molar-refractivity contribution is 0.0729. The molecule has 0 unspecified atom stereocenters. The number of hydrazone groups is 1. The van der Waals surface area contributed by atoms with Gasteiger partial charge in [-0.1, -0.05) is 48.5 Å². The zero-order chi connectivity index (χ0) is 26.5. The summed E-state index contributed by atoms with van der Waals surface area (Å²) in [7, 11) is 1.46. The average Bonchev–Trinajstić information content (AvgIpc) is 3.33. The number of ether oxygens (including phenoxy) is 2. The van der Waals surface area contributed by atoms with Crippen LogP contribution in [0.5, 0.6) is 11.5 Å². The fraction of sp³-hybridized carbons (Fsp3) is 0.0333. The second-order valence-electron chi connectivity index (χ2n) is 8.30. The standard InChI is InChI=1S/C30H22FN3O4/c1-37-26-16-19(12-15-25(26)38-30(36)21-10-6-3-7-11-21)18-32-34-29(35)28-27(20-8-4-2-5-9-20)23-17-22(31)13-14-24(23)33-28/h2-18,33H,1H3,(H,34,35). The number of halogens is 1. The number of nitrogens with one attached hydrogen (secondary N) is 2. The Morgan fingerprint density at radius 1 is 0.895 bits per heavy atom. The molecule has 8 heteroatoms. The van der Waals surface area contributed by atoms with E-state index >= 15 is 0 Å². The van der Waals surface area contributed by atoms with Gasteiger partial charge in [0.15, 0.2) is 11.5 Å². The van der Waals surface area contributed by atoms with Crippen molar-refractivity contribution >= 4 is 29.0 Å². The Kier molecular flexibility index (Phi) is 6.95. The van der Waals surface area contributed by atoms with Crippen molar-refractivity contribution in [3.63, 3.8) is 0 Å². The lowest BCUT2D eigenvalue weighted by atomic mass is 10.0. The van der Waals surface area contributed by atoms with Crippen LogP contribution in [0.4, 0.5) is 4.39 Å². The second kappa shape index (κ2) is 10.8. The Morgan fingerprint density at radius 2 is 1.63 bits per heavy atom. The average molecular weight is 508 g/mol. The number of aromatic nitrogens is 1. The number of rotatable bonds is 7. The molecule has 38 heavy (non-hydrogen) atoms. The molecular formula is C30H22FN3O4. The van der Waals surface area contributed by atoms with Crippen LogP contribution in [0.25, 0.3) is 22.0 Å². The summed E-state index contributed by atoms with van der Waals surface area (Å²) in [6, 6.07) is 27.1. The van der Waals surface area contributed by atoms with Crippen LogP contribution in [-0.4, -0.2) is 30.2 Å². The maximum atomic E-state index is 14.0. The Hall–Kier alpha value is -5.24. The third kappa shape index (κ3) is 5.15. The van der Waals surface area contributed by atoms with Gasteiger partial charge >= 0.3 is 5.97 Å². The molecule has 1 heterocycles. The molecule has 0 fully saturated rings. The number of fused-ring (bicyclic) bond motifs is 1. The van der Waals surface area contributed by atoms with Crippen LogP contribution in [0.3, 0.4) is 0 Å². The molecule has 4 aromatic carbocycles. The van der Waals surface area contributed by atoms with Crippen LogP contribution in [0.1, 0.15) is 26.4 Å². The van der Waals surface area contributed by atoms with E-state index in [1.807, 2.05) is 36.4 Å². The number of aromatic amines is 1. The van der Waals surface area contributed by atoms with Crippen molar-refractivity contribution in [1.82, 2.24) is 10.4 Å². The molecule has 7 nitrogen and oxygen atoms in total. The molecule has 5 rings (SSSR count). The number of hydrogen-bond donors (Lipinski definition) is 2. The van der Waals surface area contributed by atoms with Gasteiger partial charge in [0.25, 0.3) is 5.91 Å². The summed E-state index contributed by atoms with van der Waals surface area (Å²) in [6.45, 7) is 0. The Balaban J connectivity index is 1.35. The third-order valence-electron chi connectivity index (χ3n) is 5.83. The van der Waals surface area contributed by atoms with Crippen LogP contribution in [-0.2, 0) is 0 Å². The van der Waals surface area contributed by atoms with E-state index in [4.69, 9.17) is 9.47 Å². The van der Waals surface area contributed by atoms with Crippen LogP contribution in [0.15, 0.2) is 102 Å². The van der Waals surface area contributed by atoms with Gasteiger partial charge in [0.2, 0.25) is 0 Å². The number of carbonyl (C=O) groups excluding carboxylic acids is 2. The molecule has 0 radical (unpaired) electrons. The topological polar surface area (TPSA) is 92.8 Å². The molecule has 1 amide bonds. The molecule has 0 atom stereocenters. The molecular weight excluding hydrogens is 485 g/mol. The molecule has 1 aromatic heterocycles. The van der Waals surface area contributed by atoms with Gasteiger partial charge in [-0.2, -0.15) is 5.10 Å². The summed E-state index contributed by atoms with van der Waals surface area (Å²) >= 11 is 0. The summed E-state index contributed by atoms with van der Waals surface area (Å²) in [5.74, 6) is -0.818. The van der Waals surface area contributed by atoms with Crippen LogP contribution in [0.2, 0.25) is 0 Å². The first-order valence-corrected chi connectivity index (χ1v) is 11.7. The number of methoxy groups -OCH3 is 1. The molecule has 2 N–H and O–H groups in total. The van der Waals surface area contributed by atoms with Crippen LogP contribution < -0.4 is 14.9 Å². The van der Waals surface area contributed by atoms with E-state index in [0.717, 1.165) is 5.56 Å². The van der Waals surface area contributed by atoms with Gasteiger partial charge in [-0.05, 0) is 59.7 Å². The molecule has 0 spiro atoms. The van der Waals surface area contributed by atoms with Crippen molar-refractivity contribution in [3.05, 3.63) is 120 Å². The van der Waals surface area contributed by atoms with Crippen LogP contribution >= 0.6 is 0 Å². The summed E-state index contributed by atoms with van der Waals surface area (Å²) in [5.41, 5.74) is 5.77. The molecule has 188 valence electrons. The van der Waals surface area contributed by atoms with Crippen molar-refractivity contribution in [1.29, 1.82) is 0 Å². The van der Waals surface area contributed by atoms with Crippen LogP contribution in [0, 0.1) is 5.82 Å². The largest absolute Gasteiger partial charge is 0.493 e. The number of benzene rings is 4. The third-order valence-corrected chi connectivity index (χ3v) is 5.83. The minimum Gasteiger partial charge on any atom is -0.493 e. The number of carbonyl (C=O) groups is 2. The molecule has 0 saturated carbocycles. The molecule has 0 aliphatic heterocycles. The predicted molar refractivity (Wildman–Crippen MR) is 143 cm³/mol. The van der Waals surface area contributed by atoms with Gasteiger partial charge in [-0.15, -0.1) is 0 Å². The van der Waals surface area contributed by atoms with Crippen molar-refractivity contribution in [2.75, 3.05) is 7.11 Å². The first kappa shape index (κ1) is 24.5. The summed E-state index contributed by atoms with van der Waals surface area (Å²) in [5, 5.41) is 4.67. The second-order valence-corrected chi connectivity index (χ2v) is 8.30. The van der Waals surface area contributed by atoms with E-state index in [2.05, 4.69) is 15.5 Å². The Labute approximate surface area is 217 Å². The minimum atomic E-state index is -0.509. The van der Waals surface area contributed by atoms with E-state index in [9.17, 15) is 14.0 Å². The molecule has 5 aromatic rings. The van der Waals surface area contributed by atoms with Gasteiger partial charge in [0.1, 0.15) is 11.5 Å². The number of esters is 1. The molecule has 0 saturated heterocycles. The lowest BCUT2D eigenvalue weighted by Gasteiger charge is -2.10. The molecule has 0 bridgehead atoms. The van der Waals surface area contributed by atoms with Gasteiger partial charge < -0.3 is 14.5 Å². The maximum Gasteiger partial charge on any atom is 0.343 e.